The van der Waals surface area contributed by atoms with E-state index in [0.29, 0.717) is 16.6 Å². The summed E-state index contributed by atoms with van der Waals surface area (Å²) in [5.41, 5.74) is 0.831. The molecule has 0 aliphatic carbocycles. The quantitative estimate of drug-likeness (QED) is 0.864. The number of halogens is 2. The molecule has 0 fully saturated rings. The monoisotopic (exact) mass is 228 g/mol. The summed E-state index contributed by atoms with van der Waals surface area (Å²) in [7, 11) is 0. The maximum atomic E-state index is 8.57. The van der Waals surface area contributed by atoms with Crippen molar-refractivity contribution in [1.82, 2.24) is 5.32 Å². The SMILES string of the molecule is CC(C#N)NCc1c(Cl)cccc1Cl. The summed E-state index contributed by atoms with van der Waals surface area (Å²) >= 11 is 11.9. The van der Waals surface area contributed by atoms with Crippen molar-refractivity contribution in [2.45, 2.75) is 19.5 Å². The summed E-state index contributed by atoms with van der Waals surface area (Å²) in [4.78, 5) is 0. The van der Waals surface area contributed by atoms with Crippen LogP contribution in [-0.4, -0.2) is 6.04 Å². The number of hydrogen-bond donors (Lipinski definition) is 1. The molecule has 0 spiro atoms. The third-order valence-corrected chi connectivity index (χ3v) is 2.55. The average Bonchev–Trinajstić information content (AvgIpc) is 2.16. The minimum atomic E-state index is -0.206. The second kappa shape index (κ2) is 5.21. The van der Waals surface area contributed by atoms with Gasteiger partial charge in [-0.2, -0.15) is 5.26 Å². The van der Waals surface area contributed by atoms with Crippen molar-refractivity contribution >= 4 is 23.2 Å². The first kappa shape index (κ1) is 11.3. The van der Waals surface area contributed by atoms with E-state index in [9.17, 15) is 0 Å². The first-order valence-electron chi connectivity index (χ1n) is 4.21. The van der Waals surface area contributed by atoms with Crippen LogP contribution in [0.1, 0.15) is 12.5 Å². The van der Waals surface area contributed by atoms with Crippen LogP contribution >= 0.6 is 23.2 Å². The summed E-state index contributed by atoms with van der Waals surface area (Å²) in [6.07, 6.45) is 0. The van der Waals surface area contributed by atoms with Gasteiger partial charge in [0, 0.05) is 22.2 Å². The molecule has 1 atom stereocenters. The topological polar surface area (TPSA) is 35.8 Å². The highest BCUT2D eigenvalue weighted by Gasteiger charge is 2.06. The molecule has 1 rings (SSSR count). The maximum Gasteiger partial charge on any atom is 0.0927 e. The molecule has 0 heterocycles. The maximum absolute atomic E-state index is 8.57. The average molecular weight is 229 g/mol. The van der Waals surface area contributed by atoms with E-state index in [-0.39, 0.29) is 6.04 Å². The lowest BCUT2D eigenvalue weighted by atomic mass is 10.2. The minimum absolute atomic E-state index is 0.206. The van der Waals surface area contributed by atoms with Crippen LogP contribution < -0.4 is 5.32 Å². The summed E-state index contributed by atoms with van der Waals surface area (Å²) in [5.74, 6) is 0. The first-order chi connectivity index (χ1) is 6.65. The molecular weight excluding hydrogens is 219 g/mol. The zero-order valence-corrected chi connectivity index (χ0v) is 9.23. The van der Waals surface area contributed by atoms with Gasteiger partial charge in [0.05, 0.1) is 12.1 Å². The van der Waals surface area contributed by atoms with E-state index >= 15 is 0 Å². The summed E-state index contributed by atoms with van der Waals surface area (Å²) in [5, 5.41) is 12.8. The van der Waals surface area contributed by atoms with Crippen molar-refractivity contribution in [2.75, 3.05) is 0 Å². The third-order valence-electron chi connectivity index (χ3n) is 1.84. The first-order valence-corrected chi connectivity index (χ1v) is 4.96. The number of nitrogens with zero attached hydrogens (tertiary/aromatic N) is 1. The van der Waals surface area contributed by atoms with E-state index in [1.54, 1.807) is 25.1 Å². The van der Waals surface area contributed by atoms with Crippen molar-refractivity contribution < 1.29 is 0 Å². The summed E-state index contributed by atoms with van der Waals surface area (Å²) < 4.78 is 0. The molecule has 1 unspecified atom stereocenters. The largest absolute Gasteiger partial charge is 0.298 e. The van der Waals surface area contributed by atoms with Crippen molar-refractivity contribution in [2.24, 2.45) is 0 Å². The van der Waals surface area contributed by atoms with Crippen LogP contribution in [0.2, 0.25) is 10.0 Å². The standard InChI is InChI=1S/C10H10Cl2N2/c1-7(5-13)14-6-8-9(11)3-2-4-10(8)12/h2-4,7,14H,6H2,1H3. The molecule has 0 amide bonds. The molecule has 1 aromatic carbocycles. The fraction of sp³-hybridized carbons (Fsp3) is 0.300. The van der Waals surface area contributed by atoms with Crippen molar-refractivity contribution in [3.63, 3.8) is 0 Å². The molecule has 1 aromatic rings. The molecule has 4 heteroatoms. The molecule has 0 radical (unpaired) electrons. The highest BCUT2D eigenvalue weighted by atomic mass is 35.5. The van der Waals surface area contributed by atoms with Crippen molar-refractivity contribution in [3.8, 4) is 6.07 Å². The fourth-order valence-electron chi connectivity index (χ4n) is 1.00. The van der Waals surface area contributed by atoms with Gasteiger partial charge >= 0.3 is 0 Å². The van der Waals surface area contributed by atoms with Crippen molar-refractivity contribution in [3.05, 3.63) is 33.8 Å². The summed E-state index contributed by atoms with van der Waals surface area (Å²) in [6, 6.07) is 7.22. The molecule has 14 heavy (non-hydrogen) atoms. The van der Waals surface area contributed by atoms with E-state index in [4.69, 9.17) is 28.5 Å². The number of nitriles is 1. The molecule has 74 valence electrons. The van der Waals surface area contributed by atoms with Crippen LogP contribution in [0.15, 0.2) is 18.2 Å². The molecule has 1 N–H and O–H groups in total. The Labute approximate surface area is 93.4 Å². The van der Waals surface area contributed by atoms with Gasteiger partial charge in [0.25, 0.3) is 0 Å². The lowest BCUT2D eigenvalue weighted by molar-refractivity contribution is 0.642. The van der Waals surface area contributed by atoms with Crippen LogP contribution in [0.25, 0.3) is 0 Å². The van der Waals surface area contributed by atoms with Crippen LogP contribution in [0, 0.1) is 11.3 Å². The Hall–Kier alpha value is -0.750. The van der Waals surface area contributed by atoms with E-state index in [1.165, 1.54) is 0 Å². The molecule has 0 bridgehead atoms. The van der Waals surface area contributed by atoms with Gasteiger partial charge in [-0.05, 0) is 19.1 Å². The third kappa shape index (κ3) is 2.88. The smallest absolute Gasteiger partial charge is 0.0927 e. The zero-order chi connectivity index (χ0) is 10.6. The van der Waals surface area contributed by atoms with E-state index in [1.807, 2.05) is 0 Å². The van der Waals surface area contributed by atoms with Gasteiger partial charge in [0.15, 0.2) is 0 Å². The second-order valence-corrected chi connectivity index (χ2v) is 3.75. The van der Waals surface area contributed by atoms with Gasteiger partial charge < -0.3 is 0 Å². The van der Waals surface area contributed by atoms with E-state index in [0.717, 1.165) is 5.56 Å². The Morgan fingerprint density at radius 1 is 1.43 bits per heavy atom. The molecular formula is C10H10Cl2N2. The van der Waals surface area contributed by atoms with E-state index in [2.05, 4.69) is 11.4 Å². The molecule has 0 aliphatic rings. The Bertz CT molecular complexity index is 337. The molecule has 0 saturated carbocycles. The number of rotatable bonds is 3. The van der Waals surface area contributed by atoms with Gasteiger partial charge in [-0.15, -0.1) is 0 Å². The Kier molecular flexibility index (Phi) is 4.21. The predicted molar refractivity (Wildman–Crippen MR) is 58.4 cm³/mol. The van der Waals surface area contributed by atoms with Gasteiger partial charge in [0.2, 0.25) is 0 Å². The van der Waals surface area contributed by atoms with Crippen LogP contribution in [0.3, 0.4) is 0 Å². The van der Waals surface area contributed by atoms with Crippen LogP contribution in [0.4, 0.5) is 0 Å². The predicted octanol–water partition coefficient (Wildman–Crippen LogP) is 3.00. The van der Waals surface area contributed by atoms with E-state index < -0.39 is 0 Å². The molecule has 2 nitrogen and oxygen atoms in total. The Balaban J connectivity index is 2.72. The van der Waals surface area contributed by atoms with Gasteiger partial charge in [0.1, 0.15) is 0 Å². The Morgan fingerprint density at radius 3 is 2.50 bits per heavy atom. The lowest BCUT2D eigenvalue weighted by Gasteiger charge is -2.09. The summed E-state index contributed by atoms with van der Waals surface area (Å²) in [6.45, 7) is 2.29. The van der Waals surface area contributed by atoms with Crippen LogP contribution in [0.5, 0.6) is 0 Å². The highest BCUT2D eigenvalue weighted by Crippen LogP contribution is 2.23. The number of nitrogens with one attached hydrogen (secondary N) is 1. The van der Waals surface area contributed by atoms with Gasteiger partial charge in [-0.25, -0.2) is 0 Å². The lowest BCUT2D eigenvalue weighted by Crippen LogP contribution is -2.23. The fourth-order valence-corrected chi connectivity index (χ4v) is 1.53. The Morgan fingerprint density at radius 2 is 2.00 bits per heavy atom. The normalized spacial score (nSPS) is 12.1. The molecule has 0 aliphatic heterocycles. The van der Waals surface area contributed by atoms with Gasteiger partial charge in [-0.3, -0.25) is 5.32 Å². The highest BCUT2D eigenvalue weighted by molar-refractivity contribution is 6.35. The molecule has 0 saturated heterocycles. The zero-order valence-electron chi connectivity index (χ0n) is 7.72. The number of benzene rings is 1. The minimum Gasteiger partial charge on any atom is -0.298 e. The van der Waals surface area contributed by atoms with Gasteiger partial charge in [-0.1, -0.05) is 29.3 Å². The molecule has 0 aromatic heterocycles. The second-order valence-electron chi connectivity index (χ2n) is 2.93. The van der Waals surface area contributed by atoms with Crippen molar-refractivity contribution in [1.29, 1.82) is 5.26 Å². The number of hydrogen-bond acceptors (Lipinski definition) is 2. The van der Waals surface area contributed by atoms with Crippen LogP contribution in [-0.2, 0) is 6.54 Å².